The van der Waals surface area contributed by atoms with Gasteiger partial charge in [0.15, 0.2) is 5.69 Å². The average Bonchev–Trinajstić information content (AvgIpc) is 3.49. The van der Waals surface area contributed by atoms with Gasteiger partial charge in [-0.15, -0.1) is 0 Å². The van der Waals surface area contributed by atoms with Crippen LogP contribution in [0.4, 0.5) is 10.5 Å². The second kappa shape index (κ2) is 9.41. The number of hydrogen-bond donors (Lipinski definition) is 1. The summed E-state index contributed by atoms with van der Waals surface area (Å²) in [6.45, 7) is 7.88. The summed E-state index contributed by atoms with van der Waals surface area (Å²) < 4.78 is 1.16. The van der Waals surface area contributed by atoms with E-state index in [9.17, 15) is 9.59 Å². The first-order valence-corrected chi connectivity index (χ1v) is 12.6. The van der Waals surface area contributed by atoms with Crippen molar-refractivity contribution in [1.29, 1.82) is 0 Å². The Bertz CT molecular complexity index is 1050. The van der Waals surface area contributed by atoms with Crippen molar-refractivity contribution in [3.05, 3.63) is 47.3 Å². The summed E-state index contributed by atoms with van der Waals surface area (Å²) >= 11 is 0. The summed E-state index contributed by atoms with van der Waals surface area (Å²) in [5, 5.41) is 13.0. The Morgan fingerprint density at radius 3 is 2.44 bits per heavy atom. The zero-order valence-electron chi connectivity index (χ0n) is 20.1. The SMILES string of the molecule is Cc1ccc(CN2CCCC23CCN(C(=O)n2ccc(C(=O)O)n2)CC3)c(N2CCCCC2)c1. The third kappa shape index (κ3) is 4.43. The van der Waals surface area contributed by atoms with Crippen LogP contribution < -0.4 is 4.90 Å². The number of likely N-dealkylation sites (tertiary alicyclic amines) is 2. The summed E-state index contributed by atoms with van der Waals surface area (Å²) in [5.41, 5.74) is 4.17. The highest BCUT2D eigenvalue weighted by Crippen LogP contribution is 2.40. The van der Waals surface area contributed by atoms with Gasteiger partial charge in [-0.05, 0) is 81.7 Å². The highest BCUT2D eigenvalue weighted by atomic mass is 16.4. The van der Waals surface area contributed by atoms with E-state index in [1.54, 1.807) is 0 Å². The number of anilines is 1. The lowest BCUT2D eigenvalue weighted by Crippen LogP contribution is -2.53. The molecule has 5 rings (SSSR count). The van der Waals surface area contributed by atoms with Gasteiger partial charge >= 0.3 is 12.0 Å². The minimum absolute atomic E-state index is 0.105. The fourth-order valence-corrected chi connectivity index (χ4v) is 6.05. The van der Waals surface area contributed by atoms with Crippen LogP contribution in [0, 0.1) is 6.92 Å². The number of rotatable bonds is 4. The number of hydrogen-bond acceptors (Lipinski definition) is 5. The maximum Gasteiger partial charge on any atom is 0.356 e. The van der Waals surface area contributed by atoms with Crippen LogP contribution in [0.3, 0.4) is 0 Å². The molecule has 3 saturated heterocycles. The lowest BCUT2D eigenvalue weighted by atomic mass is 9.84. The lowest BCUT2D eigenvalue weighted by Gasteiger charge is -2.45. The molecule has 3 aliphatic rings. The largest absolute Gasteiger partial charge is 0.476 e. The van der Waals surface area contributed by atoms with Crippen LogP contribution >= 0.6 is 0 Å². The zero-order chi connectivity index (χ0) is 23.7. The van der Waals surface area contributed by atoms with Crippen LogP contribution in [0.2, 0.25) is 0 Å². The predicted octanol–water partition coefficient (Wildman–Crippen LogP) is 3.98. The summed E-state index contributed by atoms with van der Waals surface area (Å²) in [5.74, 6) is -1.12. The topological polar surface area (TPSA) is 81.9 Å². The maximum absolute atomic E-state index is 12.9. The monoisotopic (exact) mass is 465 g/mol. The second-order valence-corrected chi connectivity index (χ2v) is 10.1. The standard InChI is InChI=1S/C26H35N5O3/c1-20-6-7-21(23(18-20)28-12-3-2-4-13-28)19-30-14-5-9-26(30)10-16-29(17-11-26)25(34)31-15-8-22(27-31)24(32)33/h6-8,15,18H,2-5,9-14,16-17,19H2,1H3,(H,32,33). The van der Waals surface area contributed by atoms with Crippen molar-refractivity contribution in [3.8, 4) is 0 Å². The molecule has 1 spiro atoms. The number of benzene rings is 1. The normalized spacial score (nSPS) is 20.7. The molecule has 1 aromatic carbocycles. The van der Waals surface area contributed by atoms with E-state index in [0.29, 0.717) is 13.1 Å². The van der Waals surface area contributed by atoms with Gasteiger partial charge in [-0.3, -0.25) is 4.90 Å². The molecule has 1 N–H and O–H groups in total. The molecule has 0 radical (unpaired) electrons. The van der Waals surface area contributed by atoms with Gasteiger partial charge in [-0.2, -0.15) is 9.78 Å². The number of aryl methyl sites for hydroxylation is 1. The molecule has 1 aromatic heterocycles. The highest BCUT2D eigenvalue weighted by Gasteiger charge is 2.44. The molecule has 0 aliphatic carbocycles. The summed E-state index contributed by atoms with van der Waals surface area (Å²) in [4.78, 5) is 31.0. The van der Waals surface area contributed by atoms with Crippen LogP contribution in [0.25, 0.3) is 0 Å². The number of aromatic carboxylic acids is 1. The van der Waals surface area contributed by atoms with Crippen LogP contribution in [0.1, 0.15) is 66.6 Å². The number of aromatic nitrogens is 2. The summed E-state index contributed by atoms with van der Waals surface area (Å²) in [6.07, 6.45) is 9.57. The Hall–Kier alpha value is -2.87. The van der Waals surface area contributed by atoms with Crippen molar-refractivity contribution in [1.82, 2.24) is 19.6 Å². The highest BCUT2D eigenvalue weighted by molar-refractivity contribution is 5.86. The summed E-state index contributed by atoms with van der Waals surface area (Å²) in [6, 6.07) is 8.05. The van der Waals surface area contributed by atoms with E-state index in [1.807, 2.05) is 4.90 Å². The van der Waals surface area contributed by atoms with Gasteiger partial charge in [-0.25, -0.2) is 9.59 Å². The van der Waals surface area contributed by atoms with E-state index < -0.39 is 5.97 Å². The van der Waals surface area contributed by atoms with Crippen molar-refractivity contribution in [2.24, 2.45) is 0 Å². The number of carbonyl (C=O) groups excluding carboxylic acids is 1. The van der Waals surface area contributed by atoms with Crippen molar-refractivity contribution < 1.29 is 14.7 Å². The zero-order valence-corrected chi connectivity index (χ0v) is 20.1. The van der Waals surface area contributed by atoms with Gasteiger partial charge < -0.3 is 14.9 Å². The Kier molecular flexibility index (Phi) is 6.34. The third-order valence-corrected chi connectivity index (χ3v) is 8.01. The molecular formula is C26H35N5O3. The van der Waals surface area contributed by atoms with E-state index >= 15 is 0 Å². The van der Waals surface area contributed by atoms with E-state index in [1.165, 1.54) is 61.2 Å². The number of amides is 1. The van der Waals surface area contributed by atoms with Gasteiger partial charge in [0.25, 0.3) is 0 Å². The Morgan fingerprint density at radius 2 is 1.74 bits per heavy atom. The first-order chi connectivity index (χ1) is 16.4. The van der Waals surface area contributed by atoms with Crippen LogP contribution in [-0.2, 0) is 6.54 Å². The first kappa shape index (κ1) is 22.9. The second-order valence-electron chi connectivity index (χ2n) is 10.1. The van der Waals surface area contributed by atoms with Crippen molar-refractivity contribution >= 4 is 17.7 Å². The number of piperidine rings is 2. The third-order valence-electron chi connectivity index (χ3n) is 8.01. The van der Waals surface area contributed by atoms with E-state index in [2.05, 4.69) is 40.0 Å². The first-order valence-electron chi connectivity index (χ1n) is 12.6. The molecule has 34 heavy (non-hydrogen) atoms. The van der Waals surface area contributed by atoms with Gasteiger partial charge in [0.2, 0.25) is 0 Å². The van der Waals surface area contributed by atoms with E-state index in [-0.39, 0.29) is 17.3 Å². The van der Waals surface area contributed by atoms with Crippen molar-refractivity contribution in [3.63, 3.8) is 0 Å². The number of nitrogens with zero attached hydrogens (tertiary/aromatic N) is 5. The van der Waals surface area contributed by atoms with Crippen molar-refractivity contribution in [2.45, 2.75) is 64.0 Å². The molecule has 0 saturated carbocycles. The fourth-order valence-electron chi connectivity index (χ4n) is 6.05. The predicted molar refractivity (Wildman–Crippen MR) is 130 cm³/mol. The molecular weight excluding hydrogens is 430 g/mol. The smallest absolute Gasteiger partial charge is 0.356 e. The van der Waals surface area contributed by atoms with Crippen molar-refractivity contribution in [2.75, 3.05) is 37.6 Å². The molecule has 0 bridgehead atoms. The Labute approximate surface area is 201 Å². The molecule has 8 nitrogen and oxygen atoms in total. The molecule has 182 valence electrons. The average molecular weight is 466 g/mol. The van der Waals surface area contributed by atoms with Gasteiger partial charge in [0.05, 0.1) is 0 Å². The molecule has 8 heteroatoms. The Balaban J connectivity index is 1.28. The molecule has 2 aromatic rings. The minimum atomic E-state index is -1.12. The molecule has 3 fully saturated rings. The fraction of sp³-hybridized carbons (Fsp3) is 0.577. The van der Waals surface area contributed by atoms with Crippen LogP contribution in [-0.4, -0.2) is 74.9 Å². The molecule has 3 aliphatic heterocycles. The number of carbonyl (C=O) groups is 2. The quantitative estimate of drug-likeness (QED) is 0.736. The lowest BCUT2D eigenvalue weighted by molar-refractivity contribution is 0.0585. The molecule has 0 atom stereocenters. The Morgan fingerprint density at radius 1 is 0.971 bits per heavy atom. The number of carboxylic acid groups (broad SMARTS) is 1. The van der Waals surface area contributed by atoms with Gasteiger partial charge in [-0.1, -0.05) is 12.1 Å². The van der Waals surface area contributed by atoms with E-state index in [0.717, 1.165) is 43.7 Å². The summed E-state index contributed by atoms with van der Waals surface area (Å²) in [7, 11) is 0. The molecule has 4 heterocycles. The van der Waals surface area contributed by atoms with Crippen LogP contribution in [0.5, 0.6) is 0 Å². The van der Waals surface area contributed by atoms with Gasteiger partial charge in [0.1, 0.15) is 0 Å². The minimum Gasteiger partial charge on any atom is -0.476 e. The van der Waals surface area contributed by atoms with E-state index in [4.69, 9.17) is 5.11 Å². The molecule has 1 amide bonds. The van der Waals surface area contributed by atoms with Crippen LogP contribution in [0.15, 0.2) is 30.5 Å². The molecule has 0 unspecified atom stereocenters. The number of carboxylic acids is 1. The van der Waals surface area contributed by atoms with Gasteiger partial charge in [0, 0.05) is 50.1 Å². The maximum atomic E-state index is 12.9.